The van der Waals surface area contributed by atoms with E-state index in [1.165, 1.54) is 6.42 Å². The lowest BCUT2D eigenvalue weighted by atomic mass is 10.0. The molecule has 1 saturated carbocycles. The number of nitrogens with zero attached hydrogens (tertiary/aromatic N) is 3. The van der Waals surface area contributed by atoms with Gasteiger partial charge in [0.25, 0.3) is 0 Å². The summed E-state index contributed by atoms with van der Waals surface area (Å²) < 4.78 is 0. The van der Waals surface area contributed by atoms with E-state index in [-0.39, 0.29) is 11.6 Å². The van der Waals surface area contributed by atoms with Gasteiger partial charge in [0.2, 0.25) is 0 Å². The Morgan fingerprint density at radius 2 is 2.18 bits per heavy atom. The Labute approximate surface area is 128 Å². The monoisotopic (exact) mass is 297 g/mol. The van der Waals surface area contributed by atoms with Gasteiger partial charge in [0.1, 0.15) is 5.69 Å². The number of aromatic amines is 1. The minimum atomic E-state index is -0.0178. The molecule has 2 aromatic heterocycles. The number of pyridine rings is 1. The number of hydrogen-bond donors (Lipinski definition) is 2. The largest absolute Gasteiger partial charge is 0.322 e. The van der Waals surface area contributed by atoms with Crippen LogP contribution in [0.25, 0.3) is 11.4 Å². The van der Waals surface area contributed by atoms with Gasteiger partial charge >= 0.3 is 6.03 Å². The fraction of sp³-hybridized carbons (Fsp3) is 0.438. The standard InChI is InChI=1S/C16H19N5O/c22-15(21-10-4-2-6-16(21)7-8-16)19-13-11-18-20-14(13)12-5-1-3-9-17-12/h1,3,5,9,11H,2,4,6-8,10H2,(H,18,20)(H,19,22). The molecule has 22 heavy (non-hydrogen) atoms. The number of carbonyl (C=O) groups excluding carboxylic acids is 1. The third-order valence-electron chi connectivity index (χ3n) is 4.72. The van der Waals surface area contributed by atoms with Crippen LogP contribution in [0.5, 0.6) is 0 Å². The Bertz CT molecular complexity index is 677. The number of piperidine rings is 1. The SMILES string of the molecule is O=C(Nc1cn[nH]c1-c1ccccn1)N1CCCCC12CC2. The lowest BCUT2D eigenvalue weighted by Gasteiger charge is -2.36. The molecule has 1 saturated heterocycles. The van der Waals surface area contributed by atoms with Crippen LogP contribution in [0.15, 0.2) is 30.6 Å². The Morgan fingerprint density at radius 3 is 2.95 bits per heavy atom. The molecule has 2 fully saturated rings. The molecule has 0 radical (unpaired) electrons. The summed E-state index contributed by atoms with van der Waals surface area (Å²) in [7, 11) is 0. The van der Waals surface area contributed by atoms with Gasteiger partial charge in [0, 0.05) is 18.3 Å². The molecule has 2 N–H and O–H groups in total. The minimum absolute atomic E-state index is 0.0178. The molecule has 3 heterocycles. The van der Waals surface area contributed by atoms with Gasteiger partial charge in [-0.05, 0) is 44.2 Å². The highest BCUT2D eigenvalue weighted by atomic mass is 16.2. The van der Waals surface area contributed by atoms with E-state index >= 15 is 0 Å². The van der Waals surface area contributed by atoms with Gasteiger partial charge in [-0.25, -0.2) is 4.79 Å². The van der Waals surface area contributed by atoms with Gasteiger partial charge in [-0.2, -0.15) is 5.10 Å². The zero-order valence-electron chi connectivity index (χ0n) is 12.4. The smallest absolute Gasteiger partial charge is 0.319 e. The van der Waals surface area contributed by atoms with Crippen molar-refractivity contribution in [2.45, 2.75) is 37.6 Å². The highest BCUT2D eigenvalue weighted by Gasteiger charge is 2.51. The first kappa shape index (κ1) is 13.3. The fourth-order valence-electron chi connectivity index (χ4n) is 3.35. The third-order valence-corrected chi connectivity index (χ3v) is 4.72. The maximum absolute atomic E-state index is 12.7. The zero-order chi connectivity index (χ0) is 15.0. The molecule has 0 aromatic carbocycles. The number of H-pyrrole nitrogens is 1. The second kappa shape index (κ2) is 5.12. The number of rotatable bonds is 2. The second-order valence-corrected chi connectivity index (χ2v) is 6.14. The molecular weight excluding hydrogens is 278 g/mol. The highest BCUT2D eigenvalue weighted by molar-refractivity contribution is 5.93. The molecule has 114 valence electrons. The lowest BCUT2D eigenvalue weighted by molar-refractivity contribution is 0.151. The molecule has 0 bridgehead atoms. The molecule has 1 aliphatic heterocycles. The number of nitrogens with one attached hydrogen (secondary N) is 2. The van der Waals surface area contributed by atoms with E-state index in [9.17, 15) is 4.79 Å². The zero-order valence-corrected chi connectivity index (χ0v) is 12.4. The number of amides is 2. The lowest BCUT2D eigenvalue weighted by Crippen LogP contribution is -2.47. The van der Waals surface area contributed by atoms with E-state index in [0.717, 1.165) is 43.6 Å². The highest BCUT2D eigenvalue weighted by Crippen LogP contribution is 2.48. The summed E-state index contributed by atoms with van der Waals surface area (Å²) in [6, 6.07) is 5.66. The topological polar surface area (TPSA) is 73.9 Å². The predicted octanol–water partition coefficient (Wildman–Crippen LogP) is 3.02. The number of hydrogen-bond acceptors (Lipinski definition) is 3. The summed E-state index contributed by atoms with van der Waals surface area (Å²) >= 11 is 0. The summed E-state index contributed by atoms with van der Waals surface area (Å²) in [5, 5.41) is 9.98. The molecule has 1 aliphatic carbocycles. The predicted molar refractivity (Wildman–Crippen MR) is 83.4 cm³/mol. The van der Waals surface area contributed by atoms with Crippen LogP contribution >= 0.6 is 0 Å². The van der Waals surface area contributed by atoms with Gasteiger partial charge in [-0.15, -0.1) is 0 Å². The van der Waals surface area contributed by atoms with Crippen molar-refractivity contribution in [2.75, 3.05) is 11.9 Å². The number of carbonyl (C=O) groups is 1. The van der Waals surface area contributed by atoms with Crippen molar-refractivity contribution < 1.29 is 4.79 Å². The van der Waals surface area contributed by atoms with Crippen molar-refractivity contribution in [3.63, 3.8) is 0 Å². The molecule has 6 nitrogen and oxygen atoms in total. The summed E-state index contributed by atoms with van der Waals surface area (Å²) in [5.41, 5.74) is 2.34. The molecule has 4 rings (SSSR count). The van der Waals surface area contributed by atoms with E-state index in [4.69, 9.17) is 0 Å². The van der Waals surface area contributed by atoms with Crippen molar-refractivity contribution in [3.05, 3.63) is 30.6 Å². The van der Waals surface area contributed by atoms with Crippen LogP contribution < -0.4 is 5.32 Å². The number of aromatic nitrogens is 3. The van der Waals surface area contributed by atoms with E-state index in [2.05, 4.69) is 20.5 Å². The molecule has 1 spiro atoms. The molecule has 6 heteroatoms. The summed E-state index contributed by atoms with van der Waals surface area (Å²) in [4.78, 5) is 19.0. The van der Waals surface area contributed by atoms with E-state index in [1.807, 2.05) is 23.1 Å². The molecule has 0 unspecified atom stereocenters. The molecular formula is C16H19N5O. The van der Waals surface area contributed by atoms with Gasteiger partial charge in [-0.1, -0.05) is 6.07 Å². The van der Waals surface area contributed by atoms with Crippen LogP contribution in [0.1, 0.15) is 32.1 Å². The summed E-state index contributed by atoms with van der Waals surface area (Å²) in [5.74, 6) is 0. The summed E-state index contributed by atoms with van der Waals surface area (Å²) in [6.07, 6.45) is 9.11. The van der Waals surface area contributed by atoms with Crippen molar-refractivity contribution in [2.24, 2.45) is 0 Å². The van der Waals surface area contributed by atoms with Crippen LogP contribution in [-0.4, -0.2) is 38.2 Å². The van der Waals surface area contributed by atoms with Crippen molar-refractivity contribution in [3.8, 4) is 11.4 Å². The first-order chi connectivity index (χ1) is 10.8. The molecule has 2 aliphatic rings. The van der Waals surface area contributed by atoms with Crippen LogP contribution in [0, 0.1) is 0 Å². The quantitative estimate of drug-likeness (QED) is 0.894. The maximum atomic E-state index is 12.7. The van der Waals surface area contributed by atoms with Crippen molar-refractivity contribution in [1.29, 1.82) is 0 Å². The second-order valence-electron chi connectivity index (χ2n) is 6.14. The average molecular weight is 297 g/mol. The van der Waals surface area contributed by atoms with Gasteiger partial charge in [0.15, 0.2) is 0 Å². The molecule has 2 aromatic rings. The minimum Gasteiger partial charge on any atom is -0.319 e. The Hall–Kier alpha value is -2.37. The van der Waals surface area contributed by atoms with E-state index < -0.39 is 0 Å². The molecule has 0 atom stereocenters. The normalized spacial score (nSPS) is 19.2. The average Bonchev–Trinajstić information content (AvgIpc) is 3.15. The first-order valence-electron chi connectivity index (χ1n) is 7.82. The van der Waals surface area contributed by atoms with E-state index in [0.29, 0.717) is 5.69 Å². The number of likely N-dealkylation sites (tertiary alicyclic amines) is 1. The number of anilines is 1. The van der Waals surface area contributed by atoms with E-state index in [1.54, 1.807) is 12.4 Å². The Morgan fingerprint density at radius 1 is 1.27 bits per heavy atom. The third kappa shape index (κ3) is 2.24. The maximum Gasteiger partial charge on any atom is 0.322 e. The van der Waals surface area contributed by atoms with Crippen LogP contribution in [0.4, 0.5) is 10.5 Å². The van der Waals surface area contributed by atoms with Gasteiger partial charge < -0.3 is 10.2 Å². The van der Waals surface area contributed by atoms with Gasteiger partial charge in [-0.3, -0.25) is 10.1 Å². The summed E-state index contributed by atoms with van der Waals surface area (Å²) in [6.45, 7) is 0.850. The van der Waals surface area contributed by atoms with Crippen LogP contribution in [-0.2, 0) is 0 Å². The van der Waals surface area contributed by atoms with Gasteiger partial charge in [0.05, 0.1) is 17.6 Å². The Balaban J connectivity index is 1.55. The Kier molecular flexibility index (Phi) is 3.10. The fourth-order valence-corrected chi connectivity index (χ4v) is 3.35. The number of urea groups is 1. The first-order valence-corrected chi connectivity index (χ1v) is 7.82. The van der Waals surface area contributed by atoms with Crippen molar-refractivity contribution in [1.82, 2.24) is 20.1 Å². The molecule has 2 amide bonds. The van der Waals surface area contributed by atoms with Crippen molar-refractivity contribution >= 4 is 11.7 Å². The van der Waals surface area contributed by atoms with Crippen LogP contribution in [0.2, 0.25) is 0 Å². The van der Waals surface area contributed by atoms with Crippen LogP contribution in [0.3, 0.4) is 0 Å².